The number of carbonyl (C=O) groups excluding carboxylic acids is 2. The fourth-order valence-corrected chi connectivity index (χ4v) is 2.81. The van der Waals surface area contributed by atoms with Crippen LogP contribution in [0.15, 0.2) is 66.4 Å². The second kappa shape index (κ2) is 7.37. The Kier molecular flexibility index (Phi) is 5.15. The molecular formula is C22H23NO4. The van der Waals surface area contributed by atoms with Gasteiger partial charge in [0.25, 0.3) is 5.91 Å². The molecule has 1 heterocycles. The molecule has 0 fully saturated rings. The van der Waals surface area contributed by atoms with Crippen LogP contribution in [0.2, 0.25) is 0 Å². The van der Waals surface area contributed by atoms with Crippen LogP contribution in [0.1, 0.15) is 44.7 Å². The summed E-state index contributed by atoms with van der Waals surface area (Å²) >= 11 is 0. The molecule has 0 saturated carbocycles. The molecule has 0 saturated heterocycles. The van der Waals surface area contributed by atoms with E-state index in [1.54, 1.807) is 6.07 Å². The minimum atomic E-state index is -0.781. The molecule has 5 heteroatoms. The maximum Gasteiger partial charge on any atom is 0.304 e. The van der Waals surface area contributed by atoms with Gasteiger partial charge >= 0.3 is 5.91 Å². The third kappa shape index (κ3) is 3.93. The van der Waals surface area contributed by atoms with Crippen molar-refractivity contribution in [2.75, 3.05) is 4.90 Å². The molecule has 0 aliphatic carbocycles. The zero-order valence-corrected chi connectivity index (χ0v) is 15.9. The Bertz CT molecular complexity index is 884. The van der Waals surface area contributed by atoms with Crippen molar-refractivity contribution in [2.45, 2.75) is 39.2 Å². The average Bonchev–Trinajstić information content (AvgIpc) is 2.94. The predicted octanol–water partition coefficient (Wildman–Crippen LogP) is 4.45. The molecule has 2 amide bonds. The van der Waals surface area contributed by atoms with Crippen molar-refractivity contribution in [1.29, 1.82) is 0 Å². The maximum absolute atomic E-state index is 12.7. The van der Waals surface area contributed by atoms with E-state index in [-0.39, 0.29) is 11.7 Å². The van der Waals surface area contributed by atoms with Gasteiger partial charge in [-0.1, -0.05) is 56.3 Å². The molecule has 0 radical (unpaired) electrons. The van der Waals surface area contributed by atoms with Crippen molar-refractivity contribution < 1.29 is 19.4 Å². The number of amides is 2. The van der Waals surface area contributed by atoms with Crippen molar-refractivity contribution in [3.05, 3.63) is 77.6 Å². The van der Waals surface area contributed by atoms with Crippen molar-refractivity contribution in [3.63, 3.8) is 0 Å². The SMILES string of the molecule is CC(C)c1cccc(N2C(=O)C=C(OOC(C)(C)c3ccccc3)C2=O)c1. The molecule has 3 rings (SSSR count). The highest BCUT2D eigenvalue weighted by Crippen LogP contribution is 2.29. The van der Waals surface area contributed by atoms with E-state index >= 15 is 0 Å². The molecule has 2 aromatic rings. The van der Waals surface area contributed by atoms with E-state index in [4.69, 9.17) is 9.78 Å². The summed E-state index contributed by atoms with van der Waals surface area (Å²) in [7, 11) is 0. The van der Waals surface area contributed by atoms with Crippen LogP contribution in [0.25, 0.3) is 0 Å². The first-order valence-electron chi connectivity index (χ1n) is 8.91. The third-order valence-electron chi connectivity index (χ3n) is 4.49. The van der Waals surface area contributed by atoms with Crippen LogP contribution in [0.3, 0.4) is 0 Å². The summed E-state index contributed by atoms with van der Waals surface area (Å²) in [6.07, 6.45) is 1.16. The first kappa shape index (κ1) is 18.9. The molecule has 1 aliphatic rings. The van der Waals surface area contributed by atoms with E-state index in [1.165, 1.54) is 0 Å². The van der Waals surface area contributed by atoms with Crippen molar-refractivity contribution in [3.8, 4) is 0 Å². The van der Waals surface area contributed by atoms with Gasteiger partial charge in [0.05, 0.1) is 11.8 Å². The van der Waals surface area contributed by atoms with E-state index in [2.05, 4.69) is 13.8 Å². The summed E-state index contributed by atoms with van der Waals surface area (Å²) in [5, 5.41) is 0. The highest BCUT2D eigenvalue weighted by atomic mass is 17.2. The van der Waals surface area contributed by atoms with E-state index in [0.29, 0.717) is 5.69 Å². The fourth-order valence-electron chi connectivity index (χ4n) is 2.81. The molecule has 27 heavy (non-hydrogen) atoms. The number of carbonyl (C=O) groups is 2. The lowest BCUT2D eigenvalue weighted by atomic mass is 9.99. The molecule has 0 bridgehead atoms. The van der Waals surface area contributed by atoms with Gasteiger partial charge in [-0.15, -0.1) is 0 Å². The van der Waals surface area contributed by atoms with Crippen LogP contribution >= 0.6 is 0 Å². The number of benzene rings is 2. The molecule has 5 nitrogen and oxygen atoms in total. The Balaban J connectivity index is 1.74. The lowest BCUT2D eigenvalue weighted by Crippen LogP contribution is -2.32. The molecule has 0 unspecified atom stereocenters. The standard InChI is InChI=1S/C22H23NO4/c1-15(2)16-9-8-12-18(13-16)23-20(24)14-19(21(23)25)26-27-22(3,4)17-10-6-5-7-11-17/h5-15H,1-4H3. The molecule has 1 aliphatic heterocycles. The molecular weight excluding hydrogens is 342 g/mol. The zero-order valence-electron chi connectivity index (χ0n) is 15.9. The topological polar surface area (TPSA) is 55.8 Å². The lowest BCUT2D eigenvalue weighted by molar-refractivity contribution is -0.329. The summed E-state index contributed by atoms with van der Waals surface area (Å²) in [6, 6.07) is 16.9. The Morgan fingerprint density at radius 3 is 2.33 bits per heavy atom. The summed E-state index contributed by atoms with van der Waals surface area (Å²) in [5.41, 5.74) is 1.68. The number of hydrogen-bond acceptors (Lipinski definition) is 4. The molecule has 0 N–H and O–H groups in total. The second-order valence-electron chi connectivity index (χ2n) is 7.28. The Hall–Kier alpha value is -2.92. The van der Waals surface area contributed by atoms with Crippen molar-refractivity contribution in [2.24, 2.45) is 0 Å². The van der Waals surface area contributed by atoms with Gasteiger partial charge in [0.15, 0.2) is 0 Å². The summed E-state index contributed by atoms with van der Waals surface area (Å²) in [5.74, 6) is -0.822. The molecule has 2 aromatic carbocycles. The van der Waals surface area contributed by atoms with E-state index in [1.807, 2.05) is 62.4 Å². The number of rotatable bonds is 6. The second-order valence-corrected chi connectivity index (χ2v) is 7.28. The van der Waals surface area contributed by atoms with E-state index in [0.717, 1.165) is 22.1 Å². The molecule has 0 aromatic heterocycles. The van der Waals surface area contributed by atoms with Crippen LogP contribution in [-0.2, 0) is 25.0 Å². The van der Waals surface area contributed by atoms with E-state index < -0.39 is 17.4 Å². The highest BCUT2D eigenvalue weighted by molar-refractivity contribution is 6.29. The van der Waals surface area contributed by atoms with Crippen LogP contribution in [-0.4, -0.2) is 11.8 Å². The smallest absolute Gasteiger partial charge is 0.304 e. The van der Waals surface area contributed by atoms with Crippen molar-refractivity contribution >= 4 is 17.5 Å². The van der Waals surface area contributed by atoms with Crippen LogP contribution in [0.4, 0.5) is 5.69 Å². The quantitative estimate of drug-likeness (QED) is 0.431. The Morgan fingerprint density at radius 1 is 0.963 bits per heavy atom. The van der Waals surface area contributed by atoms with Gasteiger partial charge < -0.3 is 4.89 Å². The fraction of sp³-hybridized carbons (Fsp3) is 0.273. The first-order valence-corrected chi connectivity index (χ1v) is 8.91. The third-order valence-corrected chi connectivity index (χ3v) is 4.49. The summed E-state index contributed by atoms with van der Waals surface area (Å²) in [4.78, 5) is 36.9. The lowest BCUT2D eigenvalue weighted by Gasteiger charge is -2.24. The summed E-state index contributed by atoms with van der Waals surface area (Å²) < 4.78 is 0. The summed E-state index contributed by atoms with van der Waals surface area (Å²) in [6.45, 7) is 7.76. The van der Waals surface area contributed by atoms with Crippen LogP contribution in [0, 0.1) is 0 Å². The van der Waals surface area contributed by atoms with Crippen LogP contribution in [0.5, 0.6) is 0 Å². The first-order chi connectivity index (χ1) is 12.8. The number of imide groups is 1. The average molecular weight is 365 g/mol. The maximum atomic E-state index is 12.7. The van der Waals surface area contributed by atoms with Gasteiger partial charge in [0.2, 0.25) is 5.76 Å². The van der Waals surface area contributed by atoms with Crippen molar-refractivity contribution in [1.82, 2.24) is 0 Å². The number of anilines is 1. The zero-order chi connectivity index (χ0) is 19.6. The predicted molar refractivity (Wildman–Crippen MR) is 103 cm³/mol. The monoisotopic (exact) mass is 365 g/mol. The van der Waals surface area contributed by atoms with E-state index in [9.17, 15) is 9.59 Å². The Morgan fingerprint density at radius 2 is 1.67 bits per heavy atom. The van der Waals surface area contributed by atoms with Gasteiger partial charge in [0, 0.05) is 0 Å². The molecule has 140 valence electrons. The van der Waals surface area contributed by atoms with Gasteiger partial charge in [-0.25, -0.2) is 4.90 Å². The van der Waals surface area contributed by atoms with Gasteiger partial charge in [-0.3, -0.25) is 9.59 Å². The van der Waals surface area contributed by atoms with Gasteiger partial charge in [-0.05, 0) is 43.0 Å². The minimum Gasteiger partial charge on any atom is -0.330 e. The highest BCUT2D eigenvalue weighted by Gasteiger charge is 2.36. The van der Waals surface area contributed by atoms with Crippen LogP contribution < -0.4 is 4.90 Å². The molecule has 0 atom stereocenters. The van der Waals surface area contributed by atoms with Gasteiger partial charge in [-0.2, -0.15) is 4.89 Å². The minimum absolute atomic E-state index is 0.126. The normalized spacial score (nSPS) is 14.7. The number of nitrogens with zero attached hydrogens (tertiary/aromatic N) is 1. The Labute approximate surface area is 159 Å². The van der Waals surface area contributed by atoms with Gasteiger partial charge in [0.1, 0.15) is 5.60 Å². The number of hydrogen-bond donors (Lipinski definition) is 0. The molecule has 0 spiro atoms. The largest absolute Gasteiger partial charge is 0.330 e.